The second-order valence-corrected chi connectivity index (χ2v) is 5.26. The van der Waals surface area contributed by atoms with Crippen LogP contribution in [0.25, 0.3) is 0 Å². The van der Waals surface area contributed by atoms with Gasteiger partial charge in [0, 0.05) is 23.3 Å². The third kappa shape index (κ3) is 2.46. The summed E-state index contributed by atoms with van der Waals surface area (Å²) in [6.45, 7) is 6.99. The van der Waals surface area contributed by atoms with E-state index in [9.17, 15) is 4.79 Å². The zero-order valence-corrected chi connectivity index (χ0v) is 10.2. The van der Waals surface area contributed by atoms with Gasteiger partial charge in [-0.05, 0) is 19.8 Å². The van der Waals surface area contributed by atoms with Crippen LogP contribution in [0.4, 0.5) is 0 Å². The van der Waals surface area contributed by atoms with E-state index in [1.54, 1.807) is 0 Å². The Morgan fingerprint density at radius 1 is 1.54 bits per heavy atom. The summed E-state index contributed by atoms with van der Waals surface area (Å²) in [4.78, 5) is 14.2. The quantitative estimate of drug-likeness (QED) is 0.652. The van der Waals surface area contributed by atoms with Crippen LogP contribution in [0.3, 0.4) is 0 Å². The summed E-state index contributed by atoms with van der Waals surface area (Å²) in [5, 5.41) is 0. The molecule has 1 amide bonds. The Kier molecular flexibility index (Phi) is 3.77. The monoisotopic (exact) mass is 247 g/mol. The molecule has 1 saturated heterocycles. The van der Waals surface area contributed by atoms with Crippen molar-refractivity contribution in [3.8, 4) is 0 Å². The molecule has 76 valence electrons. The molecule has 0 radical (unpaired) electrons. The predicted octanol–water partition coefficient (Wildman–Crippen LogP) is 2.42. The average Bonchev–Trinajstić information content (AvgIpc) is 2.08. The van der Waals surface area contributed by atoms with E-state index in [-0.39, 0.29) is 11.8 Å². The summed E-state index contributed by atoms with van der Waals surface area (Å²) in [5.74, 6) is 0.414. The van der Waals surface area contributed by atoms with Gasteiger partial charge < -0.3 is 4.90 Å². The first-order chi connectivity index (χ1) is 6.04. The first-order valence-electron chi connectivity index (χ1n) is 4.98. The van der Waals surface area contributed by atoms with Gasteiger partial charge in [0.15, 0.2) is 0 Å². The molecule has 1 fully saturated rings. The lowest BCUT2D eigenvalue weighted by molar-refractivity contribution is -0.137. The van der Waals surface area contributed by atoms with Crippen molar-refractivity contribution in [1.82, 2.24) is 4.90 Å². The molecule has 2 nitrogen and oxygen atoms in total. The van der Waals surface area contributed by atoms with Gasteiger partial charge >= 0.3 is 0 Å². The molecule has 1 heterocycles. The minimum Gasteiger partial charge on any atom is -0.339 e. The molecule has 0 aromatic heterocycles. The molecule has 1 rings (SSSR count). The van der Waals surface area contributed by atoms with E-state index in [0.717, 1.165) is 13.0 Å². The molecular weight excluding hydrogens is 230 g/mol. The van der Waals surface area contributed by atoms with Crippen LogP contribution in [-0.2, 0) is 4.79 Å². The molecule has 0 aromatic rings. The summed E-state index contributed by atoms with van der Waals surface area (Å²) in [6.07, 6.45) is 2.31. The molecule has 3 heteroatoms. The molecule has 2 atom stereocenters. The van der Waals surface area contributed by atoms with E-state index < -0.39 is 0 Å². The summed E-state index contributed by atoms with van der Waals surface area (Å²) in [6, 6.07) is 0.351. The predicted molar refractivity (Wildman–Crippen MR) is 58.0 cm³/mol. The number of halogens is 1. The van der Waals surface area contributed by atoms with Crippen LogP contribution in [0.1, 0.15) is 33.6 Å². The van der Waals surface area contributed by atoms with Crippen LogP contribution >= 0.6 is 15.9 Å². The number of carbonyl (C=O) groups excluding carboxylic acids is 1. The van der Waals surface area contributed by atoms with Gasteiger partial charge in [0.2, 0.25) is 5.91 Å². The first kappa shape index (κ1) is 11.0. The summed E-state index contributed by atoms with van der Waals surface area (Å²) in [7, 11) is 0. The number of hydrogen-bond donors (Lipinski definition) is 0. The van der Waals surface area contributed by atoms with Gasteiger partial charge in [0.25, 0.3) is 0 Å². The Labute approximate surface area is 88.8 Å². The van der Waals surface area contributed by atoms with Crippen LogP contribution in [0.5, 0.6) is 0 Å². The highest BCUT2D eigenvalue weighted by Gasteiger charge is 2.30. The maximum Gasteiger partial charge on any atom is 0.225 e. The molecule has 1 aliphatic heterocycles. The van der Waals surface area contributed by atoms with Crippen molar-refractivity contribution < 1.29 is 4.79 Å². The van der Waals surface area contributed by atoms with Crippen LogP contribution in [0.2, 0.25) is 0 Å². The Hall–Kier alpha value is -0.0500. The normalized spacial score (nSPS) is 29.5. The highest BCUT2D eigenvalue weighted by molar-refractivity contribution is 9.09. The van der Waals surface area contributed by atoms with E-state index in [2.05, 4.69) is 22.9 Å². The molecule has 0 spiro atoms. The molecule has 0 aliphatic carbocycles. The lowest BCUT2D eigenvalue weighted by Crippen LogP contribution is -2.48. The first-order valence-corrected chi connectivity index (χ1v) is 5.90. The molecule has 0 bridgehead atoms. The number of amides is 1. The maximum absolute atomic E-state index is 11.8. The van der Waals surface area contributed by atoms with Crippen molar-refractivity contribution in [3.63, 3.8) is 0 Å². The number of carbonyl (C=O) groups is 1. The molecule has 1 aliphatic rings. The van der Waals surface area contributed by atoms with Gasteiger partial charge in [-0.3, -0.25) is 4.79 Å². The summed E-state index contributed by atoms with van der Waals surface area (Å²) in [5.41, 5.74) is 0. The van der Waals surface area contributed by atoms with Crippen molar-refractivity contribution in [3.05, 3.63) is 0 Å². The largest absolute Gasteiger partial charge is 0.339 e. The lowest BCUT2D eigenvalue weighted by atomic mass is 10.0. The fourth-order valence-corrected chi connectivity index (χ4v) is 2.35. The van der Waals surface area contributed by atoms with Crippen LogP contribution in [-0.4, -0.2) is 28.2 Å². The fourth-order valence-electron chi connectivity index (χ4n) is 1.74. The van der Waals surface area contributed by atoms with E-state index >= 15 is 0 Å². The fraction of sp³-hybridized carbons (Fsp3) is 0.900. The lowest BCUT2D eigenvalue weighted by Gasteiger charge is -2.38. The molecule has 13 heavy (non-hydrogen) atoms. The van der Waals surface area contributed by atoms with E-state index in [0.29, 0.717) is 10.9 Å². The third-order valence-corrected chi connectivity index (χ3v) is 3.89. The highest BCUT2D eigenvalue weighted by Crippen LogP contribution is 2.24. The topological polar surface area (TPSA) is 20.3 Å². The summed E-state index contributed by atoms with van der Waals surface area (Å²) < 4.78 is 0. The van der Waals surface area contributed by atoms with Crippen molar-refractivity contribution in [2.24, 2.45) is 5.92 Å². The van der Waals surface area contributed by atoms with Crippen molar-refractivity contribution in [2.75, 3.05) is 6.54 Å². The standard InChI is InChI=1S/C10H18BrNO/c1-7(2)10(13)12-6-4-5-9(11)8(12)3/h7-9H,4-6H2,1-3H3. The van der Waals surface area contributed by atoms with Crippen LogP contribution in [0.15, 0.2) is 0 Å². The van der Waals surface area contributed by atoms with Crippen molar-refractivity contribution in [2.45, 2.75) is 44.5 Å². The van der Waals surface area contributed by atoms with Crippen LogP contribution in [0, 0.1) is 5.92 Å². The summed E-state index contributed by atoms with van der Waals surface area (Å²) >= 11 is 3.62. The molecule has 2 unspecified atom stereocenters. The van der Waals surface area contributed by atoms with Crippen LogP contribution < -0.4 is 0 Å². The molecular formula is C10H18BrNO. The van der Waals surface area contributed by atoms with E-state index in [1.807, 2.05) is 18.7 Å². The Bertz CT molecular complexity index is 193. The zero-order chi connectivity index (χ0) is 10.0. The number of hydrogen-bond acceptors (Lipinski definition) is 1. The van der Waals surface area contributed by atoms with Gasteiger partial charge in [-0.25, -0.2) is 0 Å². The SMILES string of the molecule is CC(C)C(=O)N1CCCC(Br)C1C. The van der Waals surface area contributed by atoms with Crippen molar-refractivity contribution >= 4 is 21.8 Å². The zero-order valence-electron chi connectivity index (χ0n) is 8.59. The van der Waals surface area contributed by atoms with Gasteiger partial charge in [-0.1, -0.05) is 29.8 Å². The second-order valence-electron chi connectivity index (χ2n) is 4.09. The Morgan fingerprint density at radius 3 is 2.69 bits per heavy atom. The average molecular weight is 248 g/mol. The number of piperidine rings is 1. The van der Waals surface area contributed by atoms with Crippen molar-refractivity contribution in [1.29, 1.82) is 0 Å². The van der Waals surface area contributed by atoms with Gasteiger partial charge in [-0.2, -0.15) is 0 Å². The van der Waals surface area contributed by atoms with E-state index in [4.69, 9.17) is 0 Å². The minimum absolute atomic E-state index is 0.125. The van der Waals surface area contributed by atoms with Gasteiger partial charge in [-0.15, -0.1) is 0 Å². The minimum atomic E-state index is 0.125. The molecule has 0 N–H and O–H groups in total. The Morgan fingerprint density at radius 2 is 2.15 bits per heavy atom. The highest BCUT2D eigenvalue weighted by atomic mass is 79.9. The number of nitrogens with zero attached hydrogens (tertiary/aromatic N) is 1. The number of alkyl halides is 1. The van der Waals surface area contributed by atoms with Gasteiger partial charge in [0.05, 0.1) is 0 Å². The van der Waals surface area contributed by atoms with Gasteiger partial charge in [0.1, 0.15) is 0 Å². The third-order valence-electron chi connectivity index (χ3n) is 2.67. The molecule has 0 aromatic carbocycles. The molecule has 0 saturated carbocycles. The smallest absolute Gasteiger partial charge is 0.225 e. The maximum atomic E-state index is 11.8. The number of rotatable bonds is 1. The van der Waals surface area contributed by atoms with E-state index in [1.165, 1.54) is 6.42 Å². The number of likely N-dealkylation sites (tertiary alicyclic amines) is 1. The second kappa shape index (κ2) is 4.45. The Balaban J connectivity index is 2.62.